The first kappa shape index (κ1) is 57.3. The van der Waals surface area contributed by atoms with E-state index in [0.29, 0.717) is 12.8 Å². The number of rotatable bonds is 43. The summed E-state index contributed by atoms with van der Waals surface area (Å²) in [7, 11) is 0. The van der Waals surface area contributed by atoms with Gasteiger partial charge in [0.05, 0.1) is 0 Å². The van der Waals surface area contributed by atoms with Crippen molar-refractivity contribution in [1.29, 1.82) is 0 Å². The Morgan fingerprint density at radius 1 is 0.361 bits per heavy atom. The molecule has 0 radical (unpaired) electrons. The molecule has 6 heteroatoms. The first-order valence-corrected chi connectivity index (χ1v) is 24.8. The SMILES string of the molecule is CC/C=C\C/C=C\C/C=C\CCCCCCC(=O)OC(COC(=O)CCC/C=C\C/C=C\C/C=C\CC)COC(=O)CCCCCCC/C=C\C=C/CCCCCCCCC. The van der Waals surface area contributed by atoms with Gasteiger partial charge in [-0.2, -0.15) is 0 Å². The second-order valence-corrected chi connectivity index (χ2v) is 16.0. The number of carbonyl (C=O) groups excluding carboxylic acids is 3. The van der Waals surface area contributed by atoms with Gasteiger partial charge in [0.25, 0.3) is 0 Å². The minimum absolute atomic E-state index is 0.112. The van der Waals surface area contributed by atoms with Crippen LogP contribution >= 0.6 is 0 Å². The second kappa shape index (κ2) is 49.0. The van der Waals surface area contributed by atoms with E-state index >= 15 is 0 Å². The summed E-state index contributed by atoms with van der Waals surface area (Å²) in [6, 6.07) is 0. The van der Waals surface area contributed by atoms with Gasteiger partial charge < -0.3 is 14.2 Å². The van der Waals surface area contributed by atoms with Crippen molar-refractivity contribution in [2.45, 2.75) is 219 Å². The molecule has 0 saturated carbocycles. The lowest BCUT2D eigenvalue weighted by Gasteiger charge is -2.18. The third-order valence-corrected chi connectivity index (χ3v) is 10.1. The van der Waals surface area contributed by atoms with Gasteiger partial charge in [-0.05, 0) is 103 Å². The van der Waals surface area contributed by atoms with E-state index < -0.39 is 6.10 Å². The maximum absolute atomic E-state index is 12.8. The van der Waals surface area contributed by atoms with Gasteiger partial charge >= 0.3 is 17.9 Å². The minimum Gasteiger partial charge on any atom is -0.462 e. The summed E-state index contributed by atoms with van der Waals surface area (Å²) in [5.74, 6) is -1.01. The van der Waals surface area contributed by atoms with Crippen molar-refractivity contribution in [3.8, 4) is 0 Å². The predicted molar refractivity (Wildman–Crippen MR) is 260 cm³/mol. The van der Waals surface area contributed by atoms with E-state index in [1.807, 2.05) is 0 Å². The van der Waals surface area contributed by atoms with Gasteiger partial charge in [0.15, 0.2) is 6.10 Å². The molecule has 346 valence electrons. The molecule has 0 aromatic carbocycles. The first-order valence-electron chi connectivity index (χ1n) is 24.8. The fourth-order valence-corrected chi connectivity index (χ4v) is 6.41. The molecule has 0 aromatic rings. The Labute approximate surface area is 375 Å². The monoisotopic (exact) mass is 847 g/mol. The fourth-order valence-electron chi connectivity index (χ4n) is 6.41. The zero-order chi connectivity index (χ0) is 44.4. The number of ether oxygens (including phenoxy) is 3. The predicted octanol–water partition coefficient (Wildman–Crippen LogP) is 16.2. The Hall–Kier alpha value is -3.67. The van der Waals surface area contributed by atoms with E-state index in [9.17, 15) is 14.4 Å². The molecule has 0 aromatic heterocycles. The second-order valence-electron chi connectivity index (χ2n) is 16.0. The highest BCUT2D eigenvalue weighted by molar-refractivity contribution is 5.71. The molecule has 0 amide bonds. The summed E-state index contributed by atoms with van der Waals surface area (Å²) >= 11 is 0. The quantitative estimate of drug-likeness (QED) is 0.0200. The van der Waals surface area contributed by atoms with Gasteiger partial charge in [-0.15, -0.1) is 0 Å². The minimum atomic E-state index is -0.815. The molecular weight excluding hydrogens is 757 g/mol. The Morgan fingerprint density at radius 3 is 1.16 bits per heavy atom. The molecule has 1 atom stereocenters. The number of allylic oxidation sites excluding steroid dienone is 16. The molecule has 0 fully saturated rings. The summed E-state index contributed by atoms with van der Waals surface area (Å²) < 4.78 is 16.7. The van der Waals surface area contributed by atoms with Gasteiger partial charge in [0.1, 0.15) is 13.2 Å². The third kappa shape index (κ3) is 47.2. The highest BCUT2D eigenvalue weighted by Crippen LogP contribution is 2.12. The van der Waals surface area contributed by atoms with Crippen LogP contribution in [-0.2, 0) is 28.6 Å². The van der Waals surface area contributed by atoms with Crippen LogP contribution < -0.4 is 0 Å². The topological polar surface area (TPSA) is 78.9 Å². The van der Waals surface area contributed by atoms with Gasteiger partial charge in [-0.25, -0.2) is 0 Å². The molecule has 0 N–H and O–H groups in total. The van der Waals surface area contributed by atoms with Crippen LogP contribution in [0.3, 0.4) is 0 Å². The van der Waals surface area contributed by atoms with E-state index in [1.165, 1.54) is 51.4 Å². The van der Waals surface area contributed by atoms with Crippen LogP contribution in [0.5, 0.6) is 0 Å². The van der Waals surface area contributed by atoms with Crippen molar-refractivity contribution < 1.29 is 28.6 Å². The molecule has 6 nitrogen and oxygen atoms in total. The van der Waals surface area contributed by atoms with Gasteiger partial charge in [-0.1, -0.05) is 189 Å². The van der Waals surface area contributed by atoms with E-state index in [-0.39, 0.29) is 44.0 Å². The average molecular weight is 847 g/mol. The van der Waals surface area contributed by atoms with Crippen LogP contribution in [0.4, 0.5) is 0 Å². The average Bonchev–Trinajstić information content (AvgIpc) is 3.26. The first-order chi connectivity index (χ1) is 30.0. The lowest BCUT2D eigenvalue weighted by atomic mass is 10.1. The van der Waals surface area contributed by atoms with Crippen LogP contribution in [0, 0.1) is 0 Å². The standard InChI is InChI=1S/C55H90O6/c1-4-7-10-13-16-19-22-24-26-27-28-29-31-33-36-39-42-45-48-54(57)60-51-52(50-59-53(56)47-44-41-38-35-32-21-18-15-12-9-6-3)61-55(58)49-46-43-40-37-34-30-25-23-20-17-14-11-8-5-2/h8-9,11-12,17-18,20-21,25-30,35,38,52H,4-7,10,13-16,19,22-24,31-34,36-37,39-51H2,1-3H3/b11-8-,12-9-,20-17-,21-18-,27-26-,29-28-,30-25-,38-35-. The van der Waals surface area contributed by atoms with Gasteiger partial charge in [0, 0.05) is 19.3 Å². The number of hydrogen-bond acceptors (Lipinski definition) is 6. The summed E-state index contributed by atoms with van der Waals surface area (Å²) in [6.07, 6.45) is 64.0. The molecule has 0 spiro atoms. The van der Waals surface area contributed by atoms with Crippen LogP contribution in [0.15, 0.2) is 97.2 Å². The summed E-state index contributed by atoms with van der Waals surface area (Å²) in [5.41, 5.74) is 0. The Kier molecular flexibility index (Phi) is 46.0. The smallest absolute Gasteiger partial charge is 0.306 e. The van der Waals surface area contributed by atoms with Crippen LogP contribution in [0.1, 0.15) is 213 Å². The van der Waals surface area contributed by atoms with E-state index in [4.69, 9.17) is 14.2 Å². The molecule has 61 heavy (non-hydrogen) atoms. The molecule has 0 heterocycles. The highest BCUT2D eigenvalue weighted by atomic mass is 16.6. The lowest BCUT2D eigenvalue weighted by molar-refractivity contribution is -0.167. The maximum atomic E-state index is 12.8. The number of hydrogen-bond donors (Lipinski definition) is 0. The van der Waals surface area contributed by atoms with Gasteiger partial charge in [-0.3, -0.25) is 14.4 Å². The Balaban J connectivity index is 4.48. The normalized spacial score (nSPS) is 12.9. The summed E-state index contributed by atoms with van der Waals surface area (Å²) in [5, 5.41) is 0. The van der Waals surface area contributed by atoms with Crippen LogP contribution in [0.25, 0.3) is 0 Å². The van der Waals surface area contributed by atoms with E-state index in [1.54, 1.807) is 0 Å². The van der Waals surface area contributed by atoms with Crippen LogP contribution in [0.2, 0.25) is 0 Å². The van der Waals surface area contributed by atoms with Crippen molar-refractivity contribution in [3.63, 3.8) is 0 Å². The lowest BCUT2D eigenvalue weighted by Crippen LogP contribution is -2.30. The maximum Gasteiger partial charge on any atom is 0.306 e. The van der Waals surface area contributed by atoms with Crippen molar-refractivity contribution in [2.75, 3.05) is 13.2 Å². The molecule has 0 saturated heterocycles. The van der Waals surface area contributed by atoms with Crippen molar-refractivity contribution in [3.05, 3.63) is 97.2 Å². The van der Waals surface area contributed by atoms with Gasteiger partial charge in [0.2, 0.25) is 0 Å². The van der Waals surface area contributed by atoms with Crippen LogP contribution in [-0.4, -0.2) is 37.2 Å². The molecule has 0 bridgehead atoms. The summed E-state index contributed by atoms with van der Waals surface area (Å²) in [6.45, 7) is 6.30. The largest absolute Gasteiger partial charge is 0.462 e. The molecule has 0 aliphatic heterocycles. The number of esters is 3. The van der Waals surface area contributed by atoms with Crippen molar-refractivity contribution in [2.24, 2.45) is 0 Å². The third-order valence-electron chi connectivity index (χ3n) is 10.1. The molecule has 1 unspecified atom stereocenters. The number of carbonyl (C=O) groups is 3. The molecule has 0 aliphatic rings. The molecule has 0 aliphatic carbocycles. The Morgan fingerprint density at radius 2 is 0.705 bits per heavy atom. The summed E-state index contributed by atoms with van der Waals surface area (Å²) in [4.78, 5) is 37.8. The zero-order valence-electron chi connectivity index (χ0n) is 39.4. The van der Waals surface area contributed by atoms with Crippen molar-refractivity contribution >= 4 is 17.9 Å². The highest BCUT2D eigenvalue weighted by Gasteiger charge is 2.19. The zero-order valence-corrected chi connectivity index (χ0v) is 39.4. The Bertz CT molecular complexity index is 1250. The molecular formula is C55H90O6. The van der Waals surface area contributed by atoms with Crippen molar-refractivity contribution in [1.82, 2.24) is 0 Å². The fraction of sp³-hybridized carbons (Fsp3) is 0.655. The molecule has 0 rings (SSSR count). The number of unbranched alkanes of at least 4 members (excludes halogenated alkanes) is 17. The van der Waals surface area contributed by atoms with E-state index in [0.717, 1.165) is 116 Å². The van der Waals surface area contributed by atoms with E-state index in [2.05, 4.69) is 118 Å².